The highest BCUT2D eigenvalue weighted by molar-refractivity contribution is 6.04. The Morgan fingerprint density at radius 3 is 2.75 bits per heavy atom. The molecular weight excluding hydrogens is 300 g/mol. The number of hydrogen-bond acceptors (Lipinski definition) is 3. The molecule has 24 heavy (non-hydrogen) atoms. The van der Waals surface area contributed by atoms with Crippen LogP contribution in [0, 0.1) is 0 Å². The van der Waals surface area contributed by atoms with Gasteiger partial charge in [0.2, 0.25) is 6.10 Å². The Morgan fingerprint density at radius 2 is 1.88 bits per heavy atom. The van der Waals surface area contributed by atoms with E-state index >= 15 is 0 Å². The first-order valence-electron chi connectivity index (χ1n) is 8.47. The van der Waals surface area contributed by atoms with Gasteiger partial charge in [-0.2, -0.15) is 0 Å². The lowest BCUT2D eigenvalue weighted by Crippen LogP contribution is -2.38. The van der Waals surface area contributed by atoms with Gasteiger partial charge in [-0.3, -0.25) is 4.79 Å². The van der Waals surface area contributed by atoms with E-state index in [1.807, 2.05) is 36.4 Å². The zero-order chi connectivity index (χ0) is 16.4. The van der Waals surface area contributed by atoms with Crippen molar-refractivity contribution in [2.75, 3.05) is 0 Å². The number of rotatable bonds is 3. The monoisotopic (exact) mass is 320 g/mol. The maximum absolute atomic E-state index is 12.6. The fraction of sp³-hybridized carbons (Fsp3) is 0.300. The molecule has 2 atom stereocenters. The Balaban J connectivity index is 1.42. The van der Waals surface area contributed by atoms with Crippen LogP contribution in [0.4, 0.5) is 0 Å². The number of carbonyl (C=O) groups excluding carboxylic acids is 1. The number of fused-ring (bicyclic) bond motifs is 1. The average molecular weight is 320 g/mol. The fourth-order valence-corrected chi connectivity index (χ4v) is 3.49. The molecule has 4 nitrogen and oxygen atoms in total. The molecule has 0 fully saturated rings. The van der Waals surface area contributed by atoms with Gasteiger partial charge in [0.25, 0.3) is 5.91 Å². The summed E-state index contributed by atoms with van der Waals surface area (Å²) in [5, 5.41) is 7.25. The molecule has 1 aliphatic carbocycles. The van der Waals surface area contributed by atoms with E-state index in [0.717, 1.165) is 30.5 Å². The molecule has 1 N–H and O–H groups in total. The molecule has 0 aromatic heterocycles. The standard InChI is InChI=1S/C20H20N2O2/c23-20(19-13-18(22-24-19)15-8-2-1-3-9-15)21-17-12-6-10-14-7-4-5-11-16(14)17/h1-5,7-9,11,17,19H,6,10,12-13H2,(H,21,23). The molecule has 0 bridgehead atoms. The maximum atomic E-state index is 12.6. The molecule has 4 rings (SSSR count). The minimum Gasteiger partial charge on any atom is -0.382 e. The van der Waals surface area contributed by atoms with Crippen molar-refractivity contribution in [3.05, 3.63) is 71.3 Å². The summed E-state index contributed by atoms with van der Waals surface area (Å²) in [7, 11) is 0. The van der Waals surface area contributed by atoms with E-state index in [1.165, 1.54) is 11.1 Å². The van der Waals surface area contributed by atoms with Crippen molar-refractivity contribution in [2.24, 2.45) is 5.16 Å². The first-order valence-corrected chi connectivity index (χ1v) is 8.47. The van der Waals surface area contributed by atoms with Crippen LogP contribution in [0.25, 0.3) is 0 Å². The largest absolute Gasteiger partial charge is 0.382 e. The predicted molar refractivity (Wildman–Crippen MR) is 92.7 cm³/mol. The lowest BCUT2D eigenvalue weighted by molar-refractivity contribution is -0.132. The van der Waals surface area contributed by atoms with Crippen molar-refractivity contribution in [1.82, 2.24) is 5.32 Å². The van der Waals surface area contributed by atoms with Gasteiger partial charge in [0.05, 0.1) is 11.8 Å². The molecule has 0 radical (unpaired) electrons. The molecule has 1 amide bonds. The van der Waals surface area contributed by atoms with E-state index in [1.54, 1.807) is 0 Å². The van der Waals surface area contributed by atoms with Gasteiger partial charge >= 0.3 is 0 Å². The van der Waals surface area contributed by atoms with Crippen LogP contribution >= 0.6 is 0 Å². The second-order valence-electron chi connectivity index (χ2n) is 6.35. The highest BCUT2D eigenvalue weighted by Gasteiger charge is 2.31. The highest BCUT2D eigenvalue weighted by Crippen LogP contribution is 2.30. The lowest BCUT2D eigenvalue weighted by atomic mass is 9.87. The molecule has 1 aliphatic heterocycles. The molecule has 0 saturated heterocycles. The van der Waals surface area contributed by atoms with Crippen LogP contribution in [0.1, 0.15) is 42.0 Å². The van der Waals surface area contributed by atoms with Crippen molar-refractivity contribution in [3.8, 4) is 0 Å². The highest BCUT2D eigenvalue weighted by atomic mass is 16.6. The zero-order valence-electron chi connectivity index (χ0n) is 13.4. The van der Waals surface area contributed by atoms with Crippen LogP contribution in [0.2, 0.25) is 0 Å². The van der Waals surface area contributed by atoms with E-state index < -0.39 is 6.10 Å². The number of nitrogens with one attached hydrogen (secondary N) is 1. The van der Waals surface area contributed by atoms with Gasteiger partial charge in [-0.15, -0.1) is 0 Å². The number of amides is 1. The van der Waals surface area contributed by atoms with Crippen molar-refractivity contribution in [2.45, 2.75) is 37.8 Å². The number of aryl methyl sites for hydroxylation is 1. The van der Waals surface area contributed by atoms with Crippen molar-refractivity contribution in [3.63, 3.8) is 0 Å². The van der Waals surface area contributed by atoms with Crippen LogP contribution in [-0.2, 0) is 16.1 Å². The van der Waals surface area contributed by atoms with E-state index in [4.69, 9.17) is 4.84 Å². The Hall–Kier alpha value is -2.62. The molecule has 122 valence electrons. The van der Waals surface area contributed by atoms with Crippen LogP contribution in [0.5, 0.6) is 0 Å². The number of nitrogens with zero attached hydrogens (tertiary/aromatic N) is 1. The molecule has 0 spiro atoms. The van der Waals surface area contributed by atoms with Gasteiger partial charge < -0.3 is 10.2 Å². The smallest absolute Gasteiger partial charge is 0.264 e. The first kappa shape index (κ1) is 14.9. The molecule has 2 unspecified atom stereocenters. The van der Waals surface area contributed by atoms with Crippen LogP contribution in [0.3, 0.4) is 0 Å². The summed E-state index contributed by atoms with van der Waals surface area (Å²) < 4.78 is 0. The normalized spacial score (nSPS) is 22.2. The van der Waals surface area contributed by atoms with E-state index in [0.29, 0.717) is 6.42 Å². The van der Waals surface area contributed by atoms with Gasteiger partial charge in [-0.25, -0.2) is 0 Å². The number of carbonyl (C=O) groups is 1. The number of benzene rings is 2. The molecule has 4 heteroatoms. The third kappa shape index (κ3) is 2.92. The summed E-state index contributed by atoms with van der Waals surface area (Å²) in [5.74, 6) is -0.0774. The first-order chi connectivity index (χ1) is 11.8. The fourth-order valence-electron chi connectivity index (χ4n) is 3.49. The Bertz CT molecular complexity index is 770. The van der Waals surface area contributed by atoms with E-state index in [-0.39, 0.29) is 11.9 Å². The van der Waals surface area contributed by atoms with Crippen LogP contribution in [0.15, 0.2) is 59.8 Å². The van der Waals surface area contributed by atoms with E-state index in [2.05, 4.69) is 28.7 Å². The zero-order valence-corrected chi connectivity index (χ0v) is 13.4. The average Bonchev–Trinajstić information content (AvgIpc) is 3.13. The van der Waals surface area contributed by atoms with Gasteiger partial charge in [-0.05, 0) is 36.0 Å². The minimum absolute atomic E-state index is 0.0758. The summed E-state index contributed by atoms with van der Waals surface area (Å²) in [6.45, 7) is 0. The Morgan fingerprint density at radius 1 is 1.08 bits per heavy atom. The second-order valence-corrected chi connectivity index (χ2v) is 6.35. The Labute approximate surface area is 141 Å². The van der Waals surface area contributed by atoms with Gasteiger partial charge in [0.1, 0.15) is 0 Å². The third-order valence-electron chi connectivity index (χ3n) is 4.75. The van der Waals surface area contributed by atoms with Crippen molar-refractivity contribution < 1.29 is 9.63 Å². The van der Waals surface area contributed by atoms with Crippen LogP contribution in [-0.4, -0.2) is 17.7 Å². The molecular formula is C20H20N2O2. The lowest BCUT2D eigenvalue weighted by Gasteiger charge is -2.27. The third-order valence-corrected chi connectivity index (χ3v) is 4.75. The summed E-state index contributed by atoms with van der Waals surface area (Å²) in [5.41, 5.74) is 4.41. The van der Waals surface area contributed by atoms with Gasteiger partial charge in [0, 0.05) is 6.42 Å². The van der Waals surface area contributed by atoms with Crippen LogP contribution < -0.4 is 5.32 Å². The maximum Gasteiger partial charge on any atom is 0.264 e. The van der Waals surface area contributed by atoms with Crippen molar-refractivity contribution >= 4 is 11.6 Å². The van der Waals surface area contributed by atoms with Crippen molar-refractivity contribution in [1.29, 1.82) is 0 Å². The molecule has 2 aliphatic rings. The summed E-state index contributed by atoms with van der Waals surface area (Å²) >= 11 is 0. The number of hydrogen-bond donors (Lipinski definition) is 1. The van der Waals surface area contributed by atoms with Gasteiger partial charge in [-0.1, -0.05) is 59.8 Å². The summed E-state index contributed by atoms with van der Waals surface area (Å²) in [6, 6.07) is 18.3. The minimum atomic E-state index is -0.533. The Kier molecular flexibility index (Phi) is 4.03. The predicted octanol–water partition coefficient (Wildman–Crippen LogP) is 3.37. The summed E-state index contributed by atoms with van der Waals surface area (Å²) in [6.07, 6.45) is 3.14. The molecule has 0 saturated carbocycles. The number of oxime groups is 1. The van der Waals surface area contributed by atoms with E-state index in [9.17, 15) is 4.79 Å². The molecule has 1 heterocycles. The topological polar surface area (TPSA) is 50.7 Å². The molecule has 2 aromatic rings. The van der Waals surface area contributed by atoms with Gasteiger partial charge in [0.15, 0.2) is 0 Å². The second kappa shape index (κ2) is 6.48. The molecule has 2 aromatic carbocycles. The summed E-state index contributed by atoms with van der Waals surface area (Å²) in [4.78, 5) is 18.0. The SMILES string of the molecule is O=C(NC1CCCc2ccccc21)C1CC(c2ccccc2)=NO1. The quantitative estimate of drug-likeness (QED) is 0.942.